The maximum Gasteiger partial charge on any atom is 0.303 e. The van der Waals surface area contributed by atoms with Crippen LogP contribution >= 0.6 is 0 Å². The molecule has 0 saturated heterocycles. The van der Waals surface area contributed by atoms with E-state index in [1.807, 2.05) is 0 Å². The van der Waals surface area contributed by atoms with Gasteiger partial charge in [-0.2, -0.15) is 4.91 Å². The zero-order chi connectivity index (χ0) is 16.1. The standard InChI is InChI=1S/C16H13F2NO3/c17-12-4-1-10(2-5-12)13-6-3-11(9-14(13)18)15(19-22)7-8-16(20)21/h1-6,9,15H,7-8H2,(H,20,21). The van der Waals surface area contributed by atoms with Crippen LogP contribution in [0.25, 0.3) is 11.1 Å². The molecule has 0 aliphatic heterocycles. The molecule has 4 nitrogen and oxygen atoms in total. The third-order valence-electron chi connectivity index (χ3n) is 3.29. The lowest BCUT2D eigenvalue weighted by Gasteiger charge is -2.10. The summed E-state index contributed by atoms with van der Waals surface area (Å²) in [7, 11) is 0. The molecule has 0 saturated carbocycles. The molecule has 0 heterocycles. The van der Waals surface area contributed by atoms with E-state index in [-0.39, 0.29) is 18.4 Å². The van der Waals surface area contributed by atoms with Crippen LogP contribution in [0.5, 0.6) is 0 Å². The van der Waals surface area contributed by atoms with Gasteiger partial charge in [0.2, 0.25) is 0 Å². The fourth-order valence-electron chi connectivity index (χ4n) is 2.14. The Morgan fingerprint density at radius 1 is 1.14 bits per heavy atom. The Kier molecular flexibility index (Phi) is 4.93. The van der Waals surface area contributed by atoms with Crippen LogP contribution in [0.1, 0.15) is 24.4 Å². The molecule has 22 heavy (non-hydrogen) atoms. The number of hydrogen-bond donors (Lipinski definition) is 1. The van der Waals surface area contributed by atoms with Gasteiger partial charge in [0.25, 0.3) is 0 Å². The highest BCUT2D eigenvalue weighted by atomic mass is 19.1. The van der Waals surface area contributed by atoms with Crippen molar-refractivity contribution in [3.05, 3.63) is 64.6 Å². The molecule has 114 valence electrons. The van der Waals surface area contributed by atoms with E-state index in [9.17, 15) is 18.5 Å². The Labute approximate surface area is 125 Å². The summed E-state index contributed by atoms with van der Waals surface area (Å²) in [5.41, 5.74) is 1.10. The molecule has 0 aromatic heterocycles. The van der Waals surface area contributed by atoms with Gasteiger partial charge in [-0.25, -0.2) is 8.78 Å². The van der Waals surface area contributed by atoms with Crippen LogP contribution < -0.4 is 0 Å². The molecule has 0 aliphatic rings. The first kappa shape index (κ1) is 15.8. The highest BCUT2D eigenvalue weighted by molar-refractivity contribution is 5.67. The van der Waals surface area contributed by atoms with Gasteiger partial charge in [0.05, 0.1) is 0 Å². The van der Waals surface area contributed by atoms with E-state index in [1.54, 1.807) is 0 Å². The second-order valence-electron chi connectivity index (χ2n) is 4.80. The topological polar surface area (TPSA) is 66.7 Å². The second kappa shape index (κ2) is 6.89. The van der Waals surface area contributed by atoms with E-state index < -0.39 is 23.6 Å². The number of rotatable bonds is 6. The maximum absolute atomic E-state index is 14.2. The van der Waals surface area contributed by atoms with Crippen molar-refractivity contribution >= 4 is 5.97 Å². The molecule has 1 atom stereocenters. The van der Waals surface area contributed by atoms with E-state index in [0.717, 1.165) is 6.07 Å². The van der Waals surface area contributed by atoms with Crippen LogP contribution in [0.2, 0.25) is 0 Å². The molecule has 6 heteroatoms. The van der Waals surface area contributed by atoms with Crippen LogP contribution in [0.15, 0.2) is 47.6 Å². The summed E-state index contributed by atoms with van der Waals surface area (Å²) in [6.45, 7) is 0. The summed E-state index contributed by atoms with van der Waals surface area (Å²) >= 11 is 0. The normalized spacial score (nSPS) is 11.9. The van der Waals surface area contributed by atoms with Crippen molar-refractivity contribution in [2.75, 3.05) is 0 Å². The summed E-state index contributed by atoms with van der Waals surface area (Å²) in [4.78, 5) is 21.4. The maximum atomic E-state index is 14.2. The second-order valence-corrected chi connectivity index (χ2v) is 4.80. The number of carboxylic acid groups (broad SMARTS) is 1. The Hall–Kier alpha value is -2.63. The van der Waals surface area contributed by atoms with Crippen molar-refractivity contribution in [3.63, 3.8) is 0 Å². The molecule has 0 bridgehead atoms. The SMILES string of the molecule is O=NC(CCC(=O)O)c1ccc(-c2ccc(F)cc2)c(F)c1. The predicted octanol–water partition coefficient (Wildman–Crippen LogP) is 4.30. The van der Waals surface area contributed by atoms with Gasteiger partial charge in [-0.15, -0.1) is 0 Å². The van der Waals surface area contributed by atoms with E-state index >= 15 is 0 Å². The average molecular weight is 305 g/mol. The Morgan fingerprint density at radius 2 is 1.82 bits per heavy atom. The zero-order valence-electron chi connectivity index (χ0n) is 11.5. The summed E-state index contributed by atoms with van der Waals surface area (Å²) in [5.74, 6) is -2.04. The van der Waals surface area contributed by atoms with Gasteiger partial charge < -0.3 is 5.11 Å². The summed E-state index contributed by atoms with van der Waals surface area (Å²) in [6, 6.07) is 8.60. The first-order chi connectivity index (χ1) is 10.5. The summed E-state index contributed by atoms with van der Waals surface area (Å²) in [5, 5.41) is 11.5. The minimum absolute atomic E-state index is 0.00810. The van der Waals surface area contributed by atoms with Crippen LogP contribution in [0.3, 0.4) is 0 Å². The van der Waals surface area contributed by atoms with E-state index in [2.05, 4.69) is 5.18 Å². The first-order valence-corrected chi connectivity index (χ1v) is 6.61. The number of nitrogens with zero attached hydrogens (tertiary/aromatic N) is 1. The molecule has 0 amide bonds. The third kappa shape index (κ3) is 3.72. The lowest BCUT2D eigenvalue weighted by atomic mass is 9.98. The lowest BCUT2D eigenvalue weighted by molar-refractivity contribution is -0.137. The smallest absolute Gasteiger partial charge is 0.303 e. The van der Waals surface area contributed by atoms with E-state index in [1.165, 1.54) is 36.4 Å². The van der Waals surface area contributed by atoms with Gasteiger partial charge in [-0.1, -0.05) is 29.4 Å². The molecule has 0 fully saturated rings. The number of halogens is 2. The zero-order valence-corrected chi connectivity index (χ0v) is 11.5. The van der Waals surface area contributed by atoms with Gasteiger partial charge in [0.1, 0.15) is 17.7 Å². The van der Waals surface area contributed by atoms with Crippen LogP contribution in [0, 0.1) is 16.5 Å². The van der Waals surface area contributed by atoms with Gasteiger partial charge in [-0.3, -0.25) is 4.79 Å². The van der Waals surface area contributed by atoms with E-state index in [0.29, 0.717) is 11.1 Å². The van der Waals surface area contributed by atoms with Crippen molar-refractivity contribution in [2.45, 2.75) is 18.9 Å². The predicted molar refractivity (Wildman–Crippen MR) is 77.2 cm³/mol. The number of nitroso groups, excluding NO2 is 1. The molecular weight excluding hydrogens is 292 g/mol. The van der Waals surface area contributed by atoms with Crippen molar-refractivity contribution < 1.29 is 18.7 Å². The fraction of sp³-hybridized carbons (Fsp3) is 0.188. The van der Waals surface area contributed by atoms with Gasteiger partial charge >= 0.3 is 5.97 Å². The Morgan fingerprint density at radius 3 is 2.36 bits per heavy atom. The monoisotopic (exact) mass is 305 g/mol. The highest BCUT2D eigenvalue weighted by Crippen LogP contribution is 2.29. The number of benzene rings is 2. The lowest BCUT2D eigenvalue weighted by Crippen LogP contribution is -2.01. The molecule has 0 aliphatic carbocycles. The largest absolute Gasteiger partial charge is 0.481 e. The molecule has 0 radical (unpaired) electrons. The molecule has 2 rings (SSSR count). The highest BCUT2D eigenvalue weighted by Gasteiger charge is 2.16. The molecule has 1 N–H and O–H groups in total. The van der Waals surface area contributed by atoms with Crippen LogP contribution in [0.4, 0.5) is 8.78 Å². The minimum atomic E-state index is -1.04. The molecule has 2 aromatic carbocycles. The summed E-state index contributed by atoms with van der Waals surface area (Å²) < 4.78 is 27.1. The van der Waals surface area contributed by atoms with E-state index in [4.69, 9.17) is 5.11 Å². The van der Waals surface area contributed by atoms with Crippen molar-refractivity contribution in [1.29, 1.82) is 0 Å². The molecule has 2 aromatic rings. The van der Waals surface area contributed by atoms with Crippen molar-refractivity contribution in [2.24, 2.45) is 5.18 Å². The number of aliphatic carboxylic acids is 1. The average Bonchev–Trinajstić information content (AvgIpc) is 2.49. The van der Waals surface area contributed by atoms with Crippen LogP contribution in [-0.2, 0) is 4.79 Å². The first-order valence-electron chi connectivity index (χ1n) is 6.61. The quantitative estimate of drug-likeness (QED) is 0.809. The third-order valence-corrected chi connectivity index (χ3v) is 3.29. The number of carboxylic acids is 1. The summed E-state index contributed by atoms with van der Waals surface area (Å²) in [6.07, 6.45) is -0.216. The number of carbonyl (C=O) groups is 1. The Balaban J connectivity index is 2.26. The van der Waals surface area contributed by atoms with Gasteiger partial charge in [-0.05, 0) is 35.7 Å². The fourth-order valence-corrected chi connectivity index (χ4v) is 2.14. The Bertz CT molecular complexity index is 686. The van der Waals surface area contributed by atoms with Crippen molar-refractivity contribution in [1.82, 2.24) is 0 Å². The van der Waals surface area contributed by atoms with Crippen LogP contribution in [-0.4, -0.2) is 11.1 Å². The number of hydrogen-bond acceptors (Lipinski definition) is 3. The van der Waals surface area contributed by atoms with Gasteiger partial charge in [0.15, 0.2) is 0 Å². The minimum Gasteiger partial charge on any atom is -0.481 e. The van der Waals surface area contributed by atoms with Gasteiger partial charge in [0, 0.05) is 12.0 Å². The molecule has 1 unspecified atom stereocenters. The molecular formula is C16H13F2NO3. The van der Waals surface area contributed by atoms with Crippen molar-refractivity contribution in [3.8, 4) is 11.1 Å². The molecule has 0 spiro atoms.